The van der Waals surface area contributed by atoms with Crippen LogP contribution in [0.3, 0.4) is 0 Å². The van der Waals surface area contributed by atoms with Gasteiger partial charge in [-0.25, -0.2) is 0 Å². The number of carbonyl (C=O) groups is 1. The lowest BCUT2D eigenvalue weighted by molar-refractivity contribution is -0.132. The van der Waals surface area contributed by atoms with E-state index in [1.807, 2.05) is 0 Å². The molecule has 1 amide bonds. The molecule has 108 valence electrons. The molecule has 4 nitrogen and oxygen atoms in total. The van der Waals surface area contributed by atoms with Crippen molar-refractivity contribution < 1.29 is 9.53 Å². The molecule has 3 saturated heterocycles. The Labute approximate surface area is 116 Å². The molecule has 0 aromatic heterocycles. The highest BCUT2D eigenvalue weighted by Crippen LogP contribution is 2.39. The Morgan fingerprint density at radius 3 is 2.95 bits per heavy atom. The van der Waals surface area contributed by atoms with Gasteiger partial charge in [0.1, 0.15) is 0 Å². The van der Waals surface area contributed by atoms with Crippen LogP contribution in [0.1, 0.15) is 32.6 Å². The minimum atomic E-state index is 0.252. The molecule has 0 aromatic carbocycles. The van der Waals surface area contributed by atoms with Crippen LogP contribution in [0.15, 0.2) is 0 Å². The van der Waals surface area contributed by atoms with Gasteiger partial charge in [-0.2, -0.15) is 0 Å². The zero-order valence-corrected chi connectivity index (χ0v) is 12.1. The lowest BCUT2D eigenvalue weighted by Crippen LogP contribution is -2.46. The van der Waals surface area contributed by atoms with Gasteiger partial charge < -0.3 is 14.5 Å². The van der Waals surface area contributed by atoms with E-state index < -0.39 is 0 Å². The molecule has 3 fully saturated rings. The second-order valence-corrected chi connectivity index (χ2v) is 6.76. The average Bonchev–Trinajstić information content (AvgIpc) is 3.01. The third-order valence-corrected chi connectivity index (χ3v) is 5.16. The Morgan fingerprint density at radius 1 is 1.32 bits per heavy atom. The zero-order valence-electron chi connectivity index (χ0n) is 12.1. The van der Waals surface area contributed by atoms with E-state index in [1.54, 1.807) is 6.92 Å². The summed E-state index contributed by atoms with van der Waals surface area (Å²) in [6.07, 6.45) is 4.97. The quantitative estimate of drug-likeness (QED) is 0.756. The van der Waals surface area contributed by atoms with Gasteiger partial charge in [0, 0.05) is 45.1 Å². The fourth-order valence-corrected chi connectivity index (χ4v) is 4.09. The molecule has 4 heteroatoms. The van der Waals surface area contributed by atoms with Gasteiger partial charge in [-0.05, 0) is 38.1 Å². The second kappa shape index (κ2) is 5.41. The van der Waals surface area contributed by atoms with Crippen LogP contribution in [0.2, 0.25) is 0 Å². The normalized spacial score (nSPS) is 36.3. The van der Waals surface area contributed by atoms with Gasteiger partial charge in [0.05, 0.1) is 6.61 Å². The highest BCUT2D eigenvalue weighted by Gasteiger charge is 2.42. The number of ether oxygens (including phenoxy) is 1. The molecule has 2 atom stereocenters. The van der Waals surface area contributed by atoms with Crippen LogP contribution < -0.4 is 0 Å². The summed E-state index contributed by atoms with van der Waals surface area (Å²) in [6.45, 7) is 9.15. The summed E-state index contributed by atoms with van der Waals surface area (Å²) in [6, 6.07) is 0. The second-order valence-electron chi connectivity index (χ2n) is 6.76. The lowest BCUT2D eigenvalue weighted by atomic mass is 9.79. The highest BCUT2D eigenvalue weighted by atomic mass is 16.5. The SMILES string of the molecule is CC(=O)N1CCC[C@@]2(CCN(C[C@H]3CCOC3)C2)C1. The highest BCUT2D eigenvalue weighted by molar-refractivity contribution is 5.73. The van der Waals surface area contributed by atoms with E-state index in [-0.39, 0.29) is 5.91 Å². The Bertz CT molecular complexity index is 341. The van der Waals surface area contributed by atoms with Crippen LogP contribution in [0, 0.1) is 11.3 Å². The number of hydrogen-bond donors (Lipinski definition) is 0. The maximum Gasteiger partial charge on any atom is 0.219 e. The number of rotatable bonds is 2. The van der Waals surface area contributed by atoms with Crippen LogP contribution in [0.25, 0.3) is 0 Å². The van der Waals surface area contributed by atoms with Crippen molar-refractivity contribution in [3.05, 3.63) is 0 Å². The Hall–Kier alpha value is -0.610. The van der Waals surface area contributed by atoms with E-state index in [1.165, 1.54) is 45.3 Å². The molecule has 3 rings (SSSR count). The third kappa shape index (κ3) is 2.95. The molecule has 0 unspecified atom stereocenters. The van der Waals surface area contributed by atoms with Crippen molar-refractivity contribution in [2.24, 2.45) is 11.3 Å². The molecule has 0 aromatic rings. The summed E-state index contributed by atoms with van der Waals surface area (Å²) >= 11 is 0. The maximum atomic E-state index is 11.6. The fourth-order valence-electron chi connectivity index (χ4n) is 4.09. The zero-order chi connectivity index (χ0) is 13.3. The molecule has 3 aliphatic heterocycles. The van der Waals surface area contributed by atoms with E-state index >= 15 is 0 Å². The maximum absolute atomic E-state index is 11.6. The number of carbonyl (C=O) groups excluding carboxylic acids is 1. The molecule has 0 saturated carbocycles. The number of piperidine rings is 1. The largest absolute Gasteiger partial charge is 0.381 e. The Kier molecular flexibility index (Phi) is 3.81. The van der Waals surface area contributed by atoms with Gasteiger partial charge in [0.15, 0.2) is 0 Å². The van der Waals surface area contributed by atoms with Crippen molar-refractivity contribution in [1.82, 2.24) is 9.80 Å². The fraction of sp³-hybridized carbons (Fsp3) is 0.933. The molecule has 0 radical (unpaired) electrons. The predicted molar refractivity (Wildman–Crippen MR) is 73.9 cm³/mol. The molecule has 3 heterocycles. The van der Waals surface area contributed by atoms with E-state index in [9.17, 15) is 4.79 Å². The van der Waals surface area contributed by atoms with Crippen LogP contribution >= 0.6 is 0 Å². The minimum Gasteiger partial charge on any atom is -0.381 e. The molecule has 3 aliphatic rings. The molecule has 0 N–H and O–H groups in total. The molecule has 1 spiro atoms. The minimum absolute atomic E-state index is 0.252. The number of amides is 1. The number of nitrogens with zero attached hydrogens (tertiary/aromatic N) is 2. The van der Waals surface area contributed by atoms with Gasteiger partial charge in [0.2, 0.25) is 5.91 Å². The molecule has 0 bridgehead atoms. The van der Waals surface area contributed by atoms with Crippen molar-refractivity contribution in [1.29, 1.82) is 0 Å². The van der Waals surface area contributed by atoms with Crippen LogP contribution in [-0.2, 0) is 9.53 Å². The summed E-state index contributed by atoms with van der Waals surface area (Å²) in [5.41, 5.74) is 0.392. The van der Waals surface area contributed by atoms with Gasteiger partial charge in [-0.3, -0.25) is 4.79 Å². The predicted octanol–water partition coefficient (Wildman–Crippen LogP) is 1.36. The Balaban J connectivity index is 1.55. The standard InChI is InChI=1S/C15H26N2O2/c1-13(18)17-6-2-4-15(12-17)5-7-16(11-15)9-14-3-8-19-10-14/h14H,2-12H2,1H3/t14-,15+/m1/s1. The van der Waals surface area contributed by atoms with E-state index in [0.717, 1.165) is 32.2 Å². The molecule has 0 aliphatic carbocycles. The van der Waals surface area contributed by atoms with Crippen molar-refractivity contribution >= 4 is 5.91 Å². The van der Waals surface area contributed by atoms with Crippen molar-refractivity contribution in [2.45, 2.75) is 32.6 Å². The summed E-state index contributed by atoms with van der Waals surface area (Å²) in [7, 11) is 0. The first-order valence-corrected chi connectivity index (χ1v) is 7.73. The summed E-state index contributed by atoms with van der Waals surface area (Å²) in [5, 5.41) is 0. The van der Waals surface area contributed by atoms with Crippen LogP contribution in [0.5, 0.6) is 0 Å². The summed E-state index contributed by atoms with van der Waals surface area (Å²) in [4.78, 5) is 16.3. The number of hydrogen-bond acceptors (Lipinski definition) is 3. The number of likely N-dealkylation sites (tertiary alicyclic amines) is 2. The first-order chi connectivity index (χ1) is 9.17. The van der Waals surface area contributed by atoms with Gasteiger partial charge >= 0.3 is 0 Å². The van der Waals surface area contributed by atoms with Crippen LogP contribution in [-0.4, -0.2) is 61.6 Å². The third-order valence-electron chi connectivity index (χ3n) is 5.16. The van der Waals surface area contributed by atoms with E-state index in [2.05, 4.69) is 9.80 Å². The topological polar surface area (TPSA) is 32.8 Å². The summed E-state index contributed by atoms with van der Waals surface area (Å²) in [5.74, 6) is 0.990. The van der Waals surface area contributed by atoms with E-state index in [4.69, 9.17) is 4.74 Å². The van der Waals surface area contributed by atoms with Gasteiger partial charge in [-0.1, -0.05) is 0 Å². The molecular formula is C15H26N2O2. The Morgan fingerprint density at radius 2 is 2.21 bits per heavy atom. The van der Waals surface area contributed by atoms with Crippen molar-refractivity contribution in [2.75, 3.05) is 45.9 Å². The van der Waals surface area contributed by atoms with Gasteiger partial charge in [-0.15, -0.1) is 0 Å². The van der Waals surface area contributed by atoms with Crippen LogP contribution in [0.4, 0.5) is 0 Å². The smallest absolute Gasteiger partial charge is 0.219 e. The molecular weight excluding hydrogens is 240 g/mol. The first-order valence-electron chi connectivity index (χ1n) is 7.73. The average molecular weight is 266 g/mol. The first kappa shape index (κ1) is 13.4. The van der Waals surface area contributed by atoms with E-state index in [0.29, 0.717) is 5.41 Å². The van der Waals surface area contributed by atoms with Crippen molar-refractivity contribution in [3.63, 3.8) is 0 Å². The van der Waals surface area contributed by atoms with Crippen molar-refractivity contribution in [3.8, 4) is 0 Å². The summed E-state index contributed by atoms with van der Waals surface area (Å²) < 4.78 is 5.47. The molecule has 19 heavy (non-hydrogen) atoms. The monoisotopic (exact) mass is 266 g/mol. The lowest BCUT2D eigenvalue weighted by Gasteiger charge is -2.40. The van der Waals surface area contributed by atoms with Gasteiger partial charge in [0.25, 0.3) is 0 Å².